The van der Waals surface area contributed by atoms with Crippen LogP contribution in [0.25, 0.3) is 11.0 Å². The van der Waals surface area contributed by atoms with Gasteiger partial charge >= 0.3 is 0 Å². The van der Waals surface area contributed by atoms with Crippen LogP contribution in [-0.4, -0.2) is 32.8 Å². The first-order chi connectivity index (χ1) is 8.72. The van der Waals surface area contributed by atoms with Crippen LogP contribution in [0, 0.1) is 6.92 Å². The number of anilines is 1. The molecule has 98 valence electrons. The number of aryl methyl sites for hydroxylation is 2. The highest BCUT2D eigenvalue weighted by molar-refractivity contribution is 7.99. The lowest BCUT2D eigenvalue weighted by molar-refractivity contribution is 0.296. The number of rotatable bonds is 6. The first-order valence-electron chi connectivity index (χ1n) is 6.13. The third-order valence-electron chi connectivity index (χ3n) is 2.87. The Labute approximate surface area is 111 Å². The van der Waals surface area contributed by atoms with Gasteiger partial charge in [-0.05, 0) is 37.3 Å². The summed E-state index contributed by atoms with van der Waals surface area (Å²) < 4.78 is 2.22. The van der Waals surface area contributed by atoms with Crippen molar-refractivity contribution in [2.24, 2.45) is 0 Å². The molecule has 0 bridgehead atoms. The van der Waals surface area contributed by atoms with Gasteiger partial charge in [0.05, 0.1) is 11.0 Å². The second-order valence-corrected chi connectivity index (χ2v) is 5.47. The molecule has 0 saturated heterocycles. The maximum absolute atomic E-state index is 8.72. The van der Waals surface area contributed by atoms with Gasteiger partial charge in [0, 0.05) is 24.6 Å². The molecule has 0 aliphatic rings. The summed E-state index contributed by atoms with van der Waals surface area (Å²) in [6.07, 6.45) is 0.866. The third-order valence-corrected chi connectivity index (χ3v) is 3.92. The van der Waals surface area contributed by atoms with Crippen molar-refractivity contribution in [3.8, 4) is 0 Å². The normalized spacial score (nSPS) is 11.2. The average Bonchev–Trinajstić information content (AvgIpc) is 2.64. The summed E-state index contributed by atoms with van der Waals surface area (Å²) in [6, 6.07) is 5.86. The molecule has 2 aromatic rings. The van der Waals surface area contributed by atoms with Crippen LogP contribution in [0.3, 0.4) is 0 Å². The third kappa shape index (κ3) is 2.97. The predicted octanol–water partition coefficient (Wildman–Crippen LogP) is 2.04. The number of benzene rings is 1. The van der Waals surface area contributed by atoms with Crippen LogP contribution in [0.15, 0.2) is 18.2 Å². The fraction of sp³-hybridized carbons (Fsp3) is 0.462. The maximum atomic E-state index is 8.72. The molecule has 0 aliphatic carbocycles. The highest BCUT2D eigenvalue weighted by Crippen LogP contribution is 2.19. The number of hydrogen-bond acceptors (Lipinski definition) is 4. The zero-order valence-electron chi connectivity index (χ0n) is 10.6. The van der Waals surface area contributed by atoms with Crippen LogP contribution >= 0.6 is 11.8 Å². The van der Waals surface area contributed by atoms with Crippen LogP contribution < -0.4 is 5.73 Å². The van der Waals surface area contributed by atoms with Crippen molar-refractivity contribution in [3.05, 3.63) is 24.0 Å². The van der Waals surface area contributed by atoms with Crippen molar-refractivity contribution in [3.63, 3.8) is 0 Å². The van der Waals surface area contributed by atoms with E-state index in [1.807, 2.05) is 36.9 Å². The molecule has 0 fully saturated rings. The average molecular weight is 265 g/mol. The van der Waals surface area contributed by atoms with Gasteiger partial charge in [-0.3, -0.25) is 0 Å². The molecule has 3 N–H and O–H groups in total. The Balaban J connectivity index is 2.05. The van der Waals surface area contributed by atoms with Crippen LogP contribution in [0.1, 0.15) is 12.2 Å². The van der Waals surface area contributed by atoms with E-state index in [1.165, 1.54) is 0 Å². The first kappa shape index (κ1) is 13.2. The van der Waals surface area contributed by atoms with Crippen molar-refractivity contribution < 1.29 is 5.11 Å². The van der Waals surface area contributed by atoms with E-state index in [9.17, 15) is 0 Å². The van der Waals surface area contributed by atoms with E-state index in [4.69, 9.17) is 10.8 Å². The molecular formula is C13H19N3OS. The Morgan fingerprint density at radius 1 is 1.39 bits per heavy atom. The molecule has 2 rings (SSSR count). The van der Waals surface area contributed by atoms with Crippen molar-refractivity contribution in [1.29, 1.82) is 0 Å². The van der Waals surface area contributed by atoms with E-state index in [-0.39, 0.29) is 6.61 Å². The molecule has 0 aliphatic heterocycles. The molecule has 0 unspecified atom stereocenters. The maximum Gasteiger partial charge on any atom is 0.106 e. The van der Waals surface area contributed by atoms with Crippen molar-refractivity contribution in [2.75, 3.05) is 23.8 Å². The summed E-state index contributed by atoms with van der Waals surface area (Å²) in [5, 5.41) is 8.72. The van der Waals surface area contributed by atoms with Crippen molar-refractivity contribution in [2.45, 2.75) is 19.9 Å². The van der Waals surface area contributed by atoms with Crippen molar-refractivity contribution >= 4 is 28.5 Å². The van der Waals surface area contributed by atoms with E-state index >= 15 is 0 Å². The number of imidazole rings is 1. The van der Waals surface area contributed by atoms with Crippen LogP contribution in [0.2, 0.25) is 0 Å². The van der Waals surface area contributed by atoms with Gasteiger partial charge in [-0.15, -0.1) is 0 Å². The van der Waals surface area contributed by atoms with Gasteiger partial charge in [-0.25, -0.2) is 4.98 Å². The number of aliphatic hydroxyl groups is 1. The molecule has 5 heteroatoms. The number of nitrogens with zero attached hydrogens (tertiary/aromatic N) is 2. The highest BCUT2D eigenvalue weighted by Gasteiger charge is 2.06. The van der Waals surface area contributed by atoms with Gasteiger partial charge in [0.1, 0.15) is 5.82 Å². The second-order valence-electron chi connectivity index (χ2n) is 4.25. The highest BCUT2D eigenvalue weighted by atomic mass is 32.2. The number of aromatic nitrogens is 2. The SMILES string of the molecule is Cc1nc2cc(N)ccc2n1CCSCCCO. The summed E-state index contributed by atoms with van der Waals surface area (Å²) in [7, 11) is 0. The number of fused-ring (bicyclic) bond motifs is 1. The topological polar surface area (TPSA) is 64.1 Å². The van der Waals surface area contributed by atoms with Gasteiger partial charge in [0.2, 0.25) is 0 Å². The van der Waals surface area contributed by atoms with E-state index < -0.39 is 0 Å². The Bertz CT molecular complexity index is 524. The van der Waals surface area contributed by atoms with Crippen LogP contribution in [-0.2, 0) is 6.54 Å². The summed E-state index contributed by atoms with van der Waals surface area (Å²) in [5.41, 5.74) is 8.62. The lowest BCUT2D eigenvalue weighted by Crippen LogP contribution is -2.03. The summed E-state index contributed by atoms with van der Waals surface area (Å²) in [5.74, 6) is 3.07. The molecule has 1 aromatic heterocycles. The minimum atomic E-state index is 0.277. The van der Waals surface area contributed by atoms with Gasteiger partial charge in [0.15, 0.2) is 0 Å². The Morgan fingerprint density at radius 3 is 3.00 bits per heavy atom. The summed E-state index contributed by atoms with van der Waals surface area (Å²) >= 11 is 1.86. The smallest absolute Gasteiger partial charge is 0.106 e. The van der Waals surface area contributed by atoms with Crippen LogP contribution in [0.5, 0.6) is 0 Å². The zero-order chi connectivity index (χ0) is 13.0. The van der Waals surface area contributed by atoms with Gasteiger partial charge in [-0.2, -0.15) is 11.8 Å². The first-order valence-corrected chi connectivity index (χ1v) is 7.29. The molecule has 0 saturated carbocycles. The number of thioether (sulfide) groups is 1. The minimum absolute atomic E-state index is 0.277. The molecule has 0 amide bonds. The van der Waals surface area contributed by atoms with Crippen LogP contribution in [0.4, 0.5) is 5.69 Å². The van der Waals surface area contributed by atoms with E-state index in [0.717, 1.165) is 47.0 Å². The Kier molecular flexibility index (Phi) is 4.49. The molecule has 1 aromatic carbocycles. The number of aliphatic hydroxyl groups excluding tert-OH is 1. The lowest BCUT2D eigenvalue weighted by atomic mass is 10.3. The standard InChI is InChI=1S/C13H19N3OS/c1-10-15-12-9-11(14)3-4-13(12)16(10)5-8-18-7-2-6-17/h3-4,9,17H,2,5-8,14H2,1H3. The van der Waals surface area contributed by atoms with Gasteiger partial charge < -0.3 is 15.4 Å². The zero-order valence-corrected chi connectivity index (χ0v) is 11.4. The number of nitrogens with two attached hydrogens (primary N) is 1. The lowest BCUT2D eigenvalue weighted by Gasteiger charge is -2.06. The molecule has 4 nitrogen and oxygen atoms in total. The van der Waals surface area contributed by atoms with Crippen molar-refractivity contribution in [1.82, 2.24) is 9.55 Å². The predicted molar refractivity (Wildman–Crippen MR) is 77.9 cm³/mol. The van der Waals surface area contributed by atoms with E-state index in [2.05, 4.69) is 9.55 Å². The number of nitrogen functional groups attached to an aromatic ring is 1. The minimum Gasteiger partial charge on any atom is -0.399 e. The molecular weight excluding hydrogens is 246 g/mol. The second kappa shape index (κ2) is 6.11. The summed E-state index contributed by atoms with van der Waals surface area (Å²) in [6.45, 7) is 3.25. The Hall–Kier alpha value is -1.20. The molecule has 0 spiro atoms. The summed E-state index contributed by atoms with van der Waals surface area (Å²) in [4.78, 5) is 4.52. The largest absolute Gasteiger partial charge is 0.399 e. The molecule has 0 radical (unpaired) electrons. The quantitative estimate of drug-likeness (QED) is 0.620. The fourth-order valence-electron chi connectivity index (χ4n) is 1.97. The van der Waals surface area contributed by atoms with E-state index in [1.54, 1.807) is 0 Å². The molecule has 1 heterocycles. The fourth-order valence-corrected chi connectivity index (χ4v) is 2.82. The number of hydrogen-bond donors (Lipinski definition) is 2. The van der Waals surface area contributed by atoms with Gasteiger partial charge in [0.25, 0.3) is 0 Å². The molecule has 0 atom stereocenters. The molecule has 18 heavy (non-hydrogen) atoms. The van der Waals surface area contributed by atoms with E-state index in [0.29, 0.717) is 0 Å². The Morgan fingerprint density at radius 2 is 2.22 bits per heavy atom. The van der Waals surface area contributed by atoms with Gasteiger partial charge in [-0.1, -0.05) is 0 Å². The monoisotopic (exact) mass is 265 g/mol.